The molecule has 154 valence electrons. The van der Waals surface area contributed by atoms with Crippen molar-refractivity contribution >= 4 is 43.5 Å². The molecule has 2 N–H and O–H groups in total. The molecular weight excluding hydrogens is 458 g/mol. The van der Waals surface area contributed by atoms with Gasteiger partial charge in [0.25, 0.3) is 15.9 Å². The fraction of sp³-hybridized carbons (Fsp3) is 0.300. The third-order valence-corrected chi connectivity index (χ3v) is 6.47. The molecule has 3 rings (SSSR count). The second kappa shape index (κ2) is 9.41. The predicted octanol–water partition coefficient (Wildman–Crippen LogP) is 2.99. The van der Waals surface area contributed by atoms with Gasteiger partial charge in [-0.05, 0) is 55.3 Å². The summed E-state index contributed by atoms with van der Waals surface area (Å²) in [6, 6.07) is 12.6. The van der Waals surface area contributed by atoms with Gasteiger partial charge in [-0.3, -0.25) is 14.3 Å². The number of benzene rings is 2. The van der Waals surface area contributed by atoms with Crippen LogP contribution in [0.15, 0.2) is 57.9 Å². The molecule has 9 heteroatoms. The third-order valence-electron chi connectivity index (χ3n) is 4.56. The summed E-state index contributed by atoms with van der Waals surface area (Å²) in [6.45, 7) is 1.80. The Balaban J connectivity index is 1.58. The van der Waals surface area contributed by atoms with E-state index >= 15 is 0 Å². The van der Waals surface area contributed by atoms with Crippen LogP contribution in [0.5, 0.6) is 0 Å². The molecule has 0 unspecified atom stereocenters. The van der Waals surface area contributed by atoms with Crippen molar-refractivity contribution in [3.05, 3.63) is 58.6 Å². The van der Waals surface area contributed by atoms with Crippen molar-refractivity contribution in [2.24, 2.45) is 0 Å². The number of nitrogens with one attached hydrogen (secondary N) is 2. The first-order chi connectivity index (χ1) is 13.8. The summed E-state index contributed by atoms with van der Waals surface area (Å²) in [5.41, 5.74) is 0.695. The van der Waals surface area contributed by atoms with Crippen LogP contribution >= 0.6 is 15.9 Å². The fourth-order valence-electron chi connectivity index (χ4n) is 3.05. The summed E-state index contributed by atoms with van der Waals surface area (Å²) in [4.78, 5) is 25.8. The Bertz CT molecular complexity index is 993. The summed E-state index contributed by atoms with van der Waals surface area (Å²) in [5.74, 6) is -0.189. The van der Waals surface area contributed by atoms with Gasteiger partial charge in [0.2, 0.25) is 5.91 Å². The number of rotatable bonds is 8. The van der Waals surface area contributed by atoms with E-state index in [1.807, 2.05) is 0 Å². The van der Waals surface area contributed by atoms with Gasteiger partial charge in [0.05, 0.1) is 4.90 Å². The number of amides is 2. The van der Waals surface area contributed by atoms with Gasteiger partial charge in [-0.2, -0.15) is 0 Å². The maximum atomic E-state index is 12.6. The molecule has 1 aliphatic rings. The molecule has 2 aromatic rings. The lowest BCUT2D eigenvalue weighted by atomic mass is 10.2. The Kier molecular flexibility index (Phi) is 6.92. The molecule has 1 heterocycles. The molecule has 0 atom stereocenters. The molecule has 7 nitrogen and oxygen atoms in total. The zero-order chi connectivity index (χ0) is 20.9. The minimum Gasteiger partial charge on any atom is -0.352 e. The number of likely N-dealkylation sites (tertiary alicyclic amines) is 1. The molecular formula is C20H22BrN3O4S. The SMILES string of the molecule is O=C(NCCCN1CCCC1=O)c1cccc(S(=O)(=O)Nc2ccc(Br)cc2)c1. The number of carbonyl (C=O) groups excluding carboxylic acids is 2. The van der Waals surface area contributed by atoms with Gasteiger partial charge < -0.3 is 10.2 Å². The largest absolute Gasteiger partial charge is 0.352 e. The second-order valence-corrected chi connectivity index (χ2v) is 9.33. The quantitative estimate of drug-likeness (QED) is 0.568. The fourth-order valence-corrected chi connectivity index (χ4v) is 4.42. The molecule has 1 fully saturated rings. The first kappa shape index (κ1) is 21.3. The standard InChI is InChI=1S/C20H22BrN3O4S/c21-16-7-9-17(10-8-16)23-29(27,28)18-5-1-4-15(14-18)20(26)22-11-3-13-24-12-2-6-19(24)25/h1,4-5,7-10,14,23H,2-3,6,11-13H2,(H,22,26). The molecule has 0 aromatic heterocycles. The molecule has 0 saturated carbocycles. The van der Waals surface area contributed by atoms with Crippen LogP contribution in [0.4, 0.5) is 5.69 Å². The highest BCUT2D eigenvalue weighted by Crippen LogP contribution is 2.19. The molecule has 0 radical (unpaired) electrons. The average molecular weight is 480 g/mol. The van der Waals surface area contributed by atoms with Crippen molar-refractivity contribution in [2.45, 2.75) is 24.2 Å². The normalized spacial score (nSPS) is 14.1. The van der Waals surface area contributed by atoms with Crippen LogP contribution in [0.3, 0.4) is 0 Å². The van der Waals surface area contributed by atoms with E-state index < -0.39 is 10.0 Å². The van der Waals surface area contributed by atoms with E-state index in [1.54, 1.807) is 35.2 Å². The van der Waals surface area contributed by atoms with Crippen molar-refractivity contribution in [3.8, 4) is 0 Å². The number of carbonyl (C=O) groups is 2. The van der Waals surface area contributed by atoms with Crippen LogP contribution in [-0.4, -0.2) is 44.8 Å². The Morgan fingerprint density at radius 1 is 1.14 bits per heavy atom. The van der Waals surface area contributed by atoms with Crippen molar-refractivity contribution in [2.75, 3.05) is 24.4 Å². The monoisotopic (exact) mass is 479 g/mol. The highest BCUT2D eigenvalue weighted by atomic mass is 79.9. The molecule has 2 aromatic carbocycles. The molecule has 0 bridgehead atoms. The van der Waals surface area contributed by atoms with Crippen LogP contribution in [0.1, 0.15) is 29.6 Å². The lowest BCUT2D eigenvalue weighted by Crippen LogP contribution is -2.30. The van der Waals surface area contributed by atoms with Gasteiger partial charge in [0.1, 0.15) is 0 Å². The number of nitrogens with zero attached hydrogens (tertiary/aromatic N) is 1. The molecule has 1 saturated heterocycles. The van der Waals surface area contributed by atoms with Crippen molar-refractivity contribution in [1.29, 1.82) is 0 Å². The van der Waals surface area contributed by atoms with Crippen LogP contribution < -0.4 is 10.0 Å². The first-order valence-electron chi connectivity index (χ1n) is 9.29. The maximum Gasteiger partial charge on any atom is 0.261 e. The van der Waals surface area contributed by atoms with Crippen molar-refractivity contribution in [3.63, 3.8) is 0 Å². The van der Waals surface area contributed by atoms with E-state index in [-0.39, 0.29) is 22.3 Å². The molecule has 0 spiro atoms. The number of hydrogen-bond donors (Lipinski definition) is 2. The van der Waals surface area contributed by atoms with E-state index in [2.05, 4.69) is 26.0 Å². The summed E-state index contributed by atoms with van der Waals surface area (Å²) in [7, 11) is -3.81. The van der Waals surface area contributed by atoms with Gasteiger partial charge in [-0.25, -0.2) is 8.42 Å². The zero-order valence-electron chi connectivity index (χ0n) is 15.7. The highest BCUT2D eigenvalue weighted by molar-refractivity contribution is 9.10. The van der Waals surface area contributed by atoms with E-state index in [4.69, 9.17) is 0 Å². The Labute approximate surface area is 178 Å². The van der Waals surface area contributed by atoms with E-state index in [9.17, 15) is 18.0 Å². The van der Waals surface area contributed by atoms with Crippen LogP contribution in [-0.2, 0) is 14.8 Å². The summed E-state index contributed by atoms with van der Waals surface area (Å²) >= 11 is 3.30. The number of halogens is 1. The number of sulfonamides is 1. The minimum atomic E-state index is -3.81. The van der Waals surface area contributed by atoms with Gasteiger partial charge in [-0.15, -0.1) is 0 Å². The van der Waals surface area contributed by atoms with Crippen molar-refractivity contribution in [1.82, 2.24) is 10.2 Å². The van der Waals surface area contributed by atoms with E-state index in [0.717, 1.165) is 17.4 Å². The smallest absolute Gasteiger partial charge is 0.261 e. The zero-order valence-corrected chi connectivity index (χ0v) is 18.1. The predicted molar refractivity (Wildman–Crippen MR) is 114 cm³/mol. The highest BCUT2D eigenvalue weighted by Gasteiger charge is 2.19. The number of hydrogen-bond acceptors (Lipinski definition) is 4. The number of anilines is 1. The van der Waals surface area contributed by atoms with Gasteiger partial charge in [0.15, 0.2) is 0 Å². The van der Waals surface area contributed by atoms with Gasteiger partial charge in [0, 0.05) is 41.8 Å². The lowest BCUT2D eigenvalue weighted by molar-refractivity contribution is -0.127. The topological polar surface area (TPSA) is 95.6 Å². The Hall–Kier alpha value is -2.39. The summed E-state index contributed by atoms with van der Waals surface area (Å²) < 4.78 is 28.6. The third kappa shape index (κ3) is 5.80. The lowest BCUT2D eigenvalue weighted by Gasteiger charge is -2.15. The summed E-state index contributed by atoms with van der Waals surface area (Å²) in [5, 5.41) is 2.77. The van der Waals surface area contributed by atoms with Crippen LogP contribution in [0.25, 0.3) is 0 Å². The average Bonchev–Trinajstić information content (AvgIpc) is 3.11. The molecule has 2 amide bonds. The first-order valence-corrected chi connectivity index (χ1v) is 11.6. The molecule has 29 heavy (non-hydrogen) atoms. The van der Waals surface area contributed by atoms with Crippen LogP contribution in [0, 0.1) is 0 Å². The Morgan fingerprint density at radius 2 is 1.90 bits per heavy atom. The van der Waals surface area contributed by atoms with Crippen LogP contribution in [0.2, 0.25) is 0 Å². The molecule has 0 aliphatic carbocycles. The van der Waals surface area contributed by atoms with Crippen molar-refractivity contribution < 1.29 is 18.0 Å². The second-order valence-electron chi connectivity index (χ2n) is 6.73. The maximum absolute atomic E-state index is 12.6. The minimum absolute atomic E-state index is 0.00994. The van der Waals surface area contributed by atoms with Gasteiger partial charge in [-0.1, -0.05) is 22.0 Å². The van der Waals surface area contributed by atoms with E-state index in [0.29, 0.717) is 31.6 Å². The Morgan fingerprint density at radius 3 is 2.59 bits per heavy atom. The van der Waals surface area contributed by atoms with E-state index in [1.165, 1.54) is 18.2 Å². The molecule has 1 aliphatic heterocycles. The van der Waals surface area contributed by atoms with Gasteiger partial charge >= 0.3 is 0 Å². The summed E-state index contributed by atoms with van der Waals surface area (Å²) in [6.07, 6.45) is 2.14.